The van der Waals surface area contributed by atoms with E-state index in [2.05, 4.69) is 12.2 Å². The van der Waals surface area contributed by atoms with Crippen LogP contribution in [0.3, 0.4) is 0 Å². The molecule has 6 heteroatoms. The van der Waals surface area contributed by atoms with Gasteiger partial charge < -0.3 is 14.8 Å². The predicted octanol–water partition coefficient (Wildman–Crippen LogP) is 4.54. The number of ether oxygens (including phenoxy) is 2. The van der Waals surface area contributed by atoms with Crippen molar-refractivity contribution >= 4 is 23.8 Å². The third-order valence-electron chi connectivity index (χ3n) is 3.70. The first-order valence-electron chi connectivity index (χ1n) is 9.24. The van der Waals surface area contributed by atoms with E-state index < -0.39 is 12.1 Å². The number of unbranched alkanes of at least 4 members (excludes halogenated alkanes) is 7. The zero-order valence-corrected chi connectivity index (χ0v) is 16.4. The fraction of sp³-hybridized carbons (Fsp3) is 0.889. The van der Waals surface area contributed by atoms with E-state index >= 15 is 0 Å². The first-order chi connectivity index (χ1) is 11.7. The molecule has 142 valence electrons. The van der Waals surface area contributed by atoms with Crippen LogP contribution >= 0.6 is 11.8 Å². The zero-order chi connectivity index (χ0) is 18.0. The third-order valence-corrected chi connectivity index (χ3v) is 4.35. The van der Waals surface area contributed by atoms with Gasteiger partial charge in [0.05, 0.1) is 13.2 Å². The minimum Gasteiger partial charge on any atom is -0.464 e. The summed E-state index contributed by atoms with van der Waals surface area (Å²) in [7, 11) is 0. The lowest BCUT2D eigenvalue weighted by atomic mass is 10.1. The van der Waals surface area contributed by atoms with Gasteiger partial charge in [-0.1, -0.05) is 51.9 Å². The summed E-state index contributed by atoms with van der Waals surface area (Å²) in [5.41, 5.74) is 0. The van der Waals surface area contributed by atoms with Gasteiger partial charge in [-0.2, -0.15) is 11.8 Å². The van der Waals surface area contributed by atoms with Crippen LogP contribution in [0.5, 0.6) is 0 Å². The highest BCUT2D eigenvalue weighted by molar-refractivity contribution is 7.98. The van der Waals surface area contributed by atoms with Gasteiger partial charge in [-0.3, -0.25) is 0 Å². The van der Waals surface area contributed by atoms with E-state index in [1.165, 1.54) is 38.5 Å². The Morgan fingerprint density at radius 2 is 1.58 bits per heavy atom. The number of carbonyl (C=O) groups excluding carboxylic acids is 2. The minimum absolute atomic E-state index is 0.286. The van der Waals surface area contributed by atoms with E-state index in [1.807, 2.05) is 6.26 Å². The fourth-order valence-electron chi connectivity index (χ4n) is 2.31. The van der Waals surface area contributed by atoms with Crippen molar-refractivity contribution in [3.05, 3.63) is 0 Å². The first-order valence-corrected chi connectivity index (χ1v) is 10.6. The van der Waals surface area contributed by atoms with Crippen LogP contribution in [-0.4, -0.2) is 43.3 Å². The Kier molecular flexibility index (Phi) is 16.3. The van der Waals surface area contributed by atoms with Crippen LogP contribution in [0.2, 0.25) is 0 Å². The largest absolute Gasteiger partial charge is 0.464 e. The molecule has 5 nitrogen and oxygen atoms in total. The second kappa shape index (κ2) is 16.9. The van der Waals surface area contributed by atoms with Gasteiger partial charge in [0.2, 0.25) is 0 Å². The van der Waals surface area contributed by atoms with Crippen LogP contribution in [0.25, 0.3) is 0 Å². The minimum atomic E-state index is -0.620. The maximum Gasteiger partial charge on any atom is 0.407 e. The van der Waals surface area contributed by atoms with Crippen molar-refractivity contribution in [3.8, 4) is 0 Å². The molecule has 0 saturated heterocycles. The predicted molar refractivity (Wildman–Crippen MR) is 101 cm³/mol. The molecule has 0 aliphatic heterocycles. The van der Waals surface area contributed by atoms with Crippen LogP contribution in [0, 0.1) is 0 Å². The number of carbonyl (C=O) groups is 2. The monoisotopic (exact) mass is 361 g/mol. The summed E-state index contributed by atoms with van der Waals surface area (Å²) in [6.45, 7) is 4.66. The average molecular weight is 362 g/mol. The molecule has 0 bridgehead atoms. The van der Waals surface area contributed by atoms with Gasteiger partial charge in [0, 0.05) is 0 Å². The van der Waals surface area contributed by atoms with E-state index in [9.17, 15) is 9.59 Å². The molecule has 1 atom stereocenters. The Balaban J connectivity index is 3.86. The third kappa shape index (κ3) is 13.5. The van der Waals surface area contributed by atoms with Crippen molar-refractivity contribution < 1.29 is 19.1 Å². The number of hydrogen-bond donors (Lipinski definition) is 1. The van der Waals surface area contributed by atoms with Crippen molar-refractivity contribution in [3.63, 3.8) is 0 Å². The van der Waals surface area contributed by atoms with Crippen molar-refractivity contribution in [2.75, 3.05) is 25.2 Å². The van der Waals surface area contributed by atoms with Gasteiger partial charge in [0.15, 0.2) is 0 Å². The van der Waals surface area contributed by atoms with Crippen LogP contribution in [0.4, 0.5) is 4.79 Å². The van der Waals surface area contributed by atoms with Crippen LogP contribution in [-0.2, 0) is 14.3 Å². The number of alkyl carbamates (subject to hydrolysis) is 1. The highest BCUT2D eigenvalue weighted by atomic mass is 32.2. The van der Waals surface area contributed by atoms with Crippen LogP contribution in [0.1, 0.15) is 71.6 Å². The number of esters is 1. The Hall–Kier alpha value is -0.910. The molecular formula is C18H35NO4S. The zero-order valence-electron chi connectivity index (χ0n) is 15.6. The highest BCUT2D eigenvalue weighted by Crippen LogP contribution is 2.09. The fourth-order valence-corrected chi connectivity index (χ4v) is 2.78. The van der Waals surface area contributed by atoms with Crippen molar-refractivity contribution in [2.45, 2.75) is 77.7 Å². The number of thioether (sulfide) groups is 1. The molecule has 0 aromatic heterocycles. The van der Waals surface area contributed by atoms with Crippen LogP contribution in [0.15, 0.2) is 0 Å². The molecule has 0 fully saturated rings. The smallest absolute Gasteiger partial charge is 0.407 e. The summed E-state index contributed by atoms with van der Waals surface area (Å²) >= 11 is 1.63. The summed E-state index contributed by atoms with van der Waals surface area (Å²) in [5, 5.41) is 2.58. The Morgan fingerprint density at radius 3 is 2.17 bits per heavy atom. The van der Waals surface area contributed by atoms with Crippen molar-refractivity contribution in [1.82, 2.24) is 5.32 Å². The number of amides is 1. The molecule has 0 saturated carbocycles. The standard InChI is InChI=1S/C18H35NO4S/c1-4-6-7-8-9-10-11-12-14-23-17(20)16(13-15-24-3)19-18(21)22-5-2/h16H,4-15H2,1-3H3,(H,19,21)/t16-/m0/s1. The summed E-state index contributed by atoms with van der Waals surface area (Å²) < 4.78 is 10.1. The van der Waals surface area contributed by atoms with Gasteiger partial charge in [-0.05, 0) is 31.8 Å². The van der Waals surface area contributed by atoms with Gasteiger partial charge >= 0.3 is 12.1 Å². The lowest BCUT2D eigenvalue weighted by Crippen LogP contribution is -2.42. The summed E-state index contributed by atoms with van der Waals surface area (Å²) in [4.78, 5) is 23.6. The highest BCUT2D eigenvalue weighted by Gasteiger charge is 2.22. The van der Waals surface area contributed by atoms with E-state index in [1.54, 1.807) is 18.7 Å². The normalized spacial score (nSPS) is 11.8. The molecule has 24 heavy (non-hydrogen) atoms. The number of rotatable bonds is 15. The molecule has 1 amide bonds. The van der Waals surface area contributed by atoms with E-state index in [0.717, 1.165) is 18.6 Å². The molecule has 0 aliphatic rings. The molecule has 0 rings (SSSR count). The molecule has 0 aliphatic carbocycles. The quantitative estimate of drug-likeness (QED) is 0.343. The lowest BCUT2D eigenvalue weighted by molar-refractivity contribution is -0.146. The van der Waals surface area contributed by atoms with Gasteiger partial charge in [0.1, 0.15) is 6.04 Å². The second-order valence-electron chi connectivity index (χ2n) is 5.84. The Bertz CT molecular complexity index is 326. The topological polar surface area (TPSA) is 64.6 Å². The molecule has 0 aromatic rings. The summed E-state index contributed by atoms with van der Waals surface area (Å²) in [5.74, 6) is 0.421. The first kappa shape index (κ1) is 23.1. The molecule has 0 unspecified atom stereocenters. The van der Waals surface area contributed by atoms with Crippen molar-refractivity contribution in [2.24, 2.45) is 0 Å². The van der Waals surface area contributed by atoms with Gasteiger partial charge in [-0.15, -0.1) is 0 Å². The second-order valence-corrected chi connectivity index (χ2v) is 6.83. The molecule has 0 heterocycles. The average Bonchev–Trinajstić information content (AvgIpc) is 2.57. The Morgan fingerprint density at radius 1 is 0.958 bits per heavy atom. The number of nitrogens with one attached hydrogen (secondary N) is 1. The molecular weight excluding hydrogens is 326 g/mol. The van der Waals surface area contributed by atoms with E-state index in [-0.39, 0.29) is 12.6 Å². The molecule has 0 spiro atoms. The number of hydrogen-bond acceptors (Lipinski definition) is 5. The van der Waals surface area contributed by atoms with E-state index in [0.29, 0.717) is 13.0 Å². The van der Waals surface area contributed by atoms with Crippen molar-refractivity contribution in [1.29, 1.82) is 0 Å². The maximum absolute atomic E-state index is 12.1. The van der Waals surface area contributed by atoms with E-state index in [4.69, 9.17) is 9.47 Å². The summed E-state index contributed by atoms with van der Waals surface area (Å²) in [6, 6.07) is -0.620. The maximum atomic E-state index is 12.1. The molecule has 1 N–H and O–H groups in total. The van der Waals surface area contributed by atoms with Gasteiger partial charge in [-0.25, -0.2) is 9.59 Å². The molecule has 0 aromatic carbocycles. The SMILES string of the molecule is CCCCCCCCCCOC(=O)[C@H](CCSC)NC(=O)OCC. The lowest BCUT2D eigenvalue weighted by Gasteiger charge is -2.17. The van der Waals surface area contributed by atoms with Crippen LogP contribution < -0.4 is 5.32 Å². The summed E-state index contributed by atoms with van der Waals surface area (Å²) in [6.07, 6.45) is 11.6. The van der Waals surface area contributed by atoms with Gasteiger partial charge in [0.25, 0.3) is 0 Å². The molecule has 0 radical (unpaired) electrons. The Labute approximate surface area is 151 Å².